The van der Waals surface area contributed by atoms with Gasteiger partial charge in [0, 0.05) is 6.61 Å². The van der Waals surface area contributed by atoms with E-state index < -0.39 is 16.6 Å². The molecule has 214 valence electrons. The van der Waals surface area contributed by atoms with Crippen LogP contribution in [-0.4, -0.2) is 40.6 Å². The highest BCUT2D eigenvalue weighted by molar-refractivity contribution is 6.99. The molecule has 0 aliphatic heterocycles. The molecule has 0 fully saturated rings. The van der Waals surface area contributed by atoms with Gasteiger partial charge in [-0.15, -0.1) is 6.58 Å². The van der Waals surface area contributed by atoms with Crippen LogP contribution in [0.15, 0.2) is 97.6 Å². The molecule has 2 aromatic carbocycles. The van der Waals surface area contributed by atoms with Crippen molar-refractivity contribution in [2.45, 2.75) is 96.2 Å². The summed E-state index contributed by atoms with van der Waals surface area (Å²) in [7, 11) is -4.56. The highest BCUT2D eigenvalue weighted by Gasteiger charge is 2.51. The smallest absolute Gasteiger partial charge is 0.261 e. The third-order valence-corrected chi connectivity index (χ3v) is 17.4. The third-order valence-electron chi connectivity index (χ3n) is 7.83. The minimum atomic E-state index is -2.66. The predicted octanol–water partition coefficient (Wildman–Crippen LogP) is 7.78. The average molecular weight is 565 g/mol. The van der Waals surface area contributed by atoms with Gasteiger partial charge in [-0.05, 0) is 52.8 Å². The second-order valence-electron chi connectivity index (χ2n) is 12.9. The molecule has 0 aliphatic carbocycles. The summed E-state index contributed by atoms with van der Waals surface area (Å²) in [5, 5.41) is 12.2. The van der Waals surface area contributed by atoms with Gasteiger partial charge in [-0.25, -0.2) is 0 Å². The second kappa shape index (κ2) is 14.6. The zero-order valence-corrected chi connectivity index (χ0v) is 27.6. The Bertz CT molecular complexity index is 1010. The van der Waals surface area contributed by atoms with E-state index in [9.17, 15) is 5.11 Å². The van der Waals surface area contributed by atoms with Crippen LogP contribution in [0, 0.1) is 0 Å². The molecule has 0 saturated carbocycles. The Kier molecular flexibility index (Phi) is 12.4. The summed E-state index contributed by atoms with van der Waals surface area (Å²) in [6, 6.07) is 21.5. The van der Waals surface area contributed by atoms with Crippen molar-refractivity contribution in [2.75, 3.05) is 6.61 Å². The van der Waals surface area contributed by atoms with E-state index in [1.54, 1.807) is 0 Å². The summed E-state index contributed by atoms with van der Waals surface area (Å²) in [6.07, 6.45) is 12.5. The van der Waals surface area contributed by atoms with Crippen LogP contribution in [0.1, 0.15) is 60.8 Å². The minimum Gasteiger partial charge on any atom is -0.414 e. The highest BCUT2D eigenvalue weighted by atomic mass is 28.4. The van der Waals surface area contributed by atoms with Crippen molar-refractivity contribution in [3.8, 4) is 0 Å². The maximum atomic E-state index is 9.61. The van der Waals surface area contributed by atoms with Crippen molar-refractivity contribution in [2.24, 2.45) is 0 Å². The van der Waals surface area contributed by atoms with Gasteiger partial charge in [-0.3, -0.25) is 0 Å². The van der Waals surface area contributed by atoms with Crippen LogP contribution in [0.5, 0.6) is 0 Å². The van der Waals surface area contributed by atoms with Gasteiger partial charge in [-0.1, -0.05) is 133 Å². The minimum absolute atomic E-state index is 0.0258. The fourth-order valence-electron chi connectivity index (χ4n) is 4.71. The fraction of sp³-hybridized carbons (Fsp3) is 0.471. The number of benzene rings is 2. The standard InChI is InChI=1S/C34H52O3Si2/c1-10-20-29(21-14-11-15-22-30(27-28-35)36-38(8,9)33(2,3)4)37-39(34(5,6)7,31-23-16-12-17-24-31)32-25-18-13-19-26-32/h10-19,21,23-26,29-30,35H,1,20,22,27-28H2,2-9H3/b15-11-,21-14+/t29-,30-/m0/s1. The SMILES string of the molecule is C=CC[C@@H](/C=C/C=C\C[C@@H](CCO)O[Si](C)(C)C(C)(C)C)O[Si](c1ccccc1)(c1ccccc1)C(C)(C)C. The lowest BCUT2D eigenvalue weighted by atomic mass is 10.2. The Morgan fingerprint density at radius 1 is 0.795 bits per heavy atom. The van der Waals surface area contributed by atoms with E-state index in [0.717, 1.165) is 12.8 Å². The quantitative estimate of drug-likeness (QED) is 0.145. The Morgan fingerprint density at radius 3 is 1.77 bits per heavy atom. The zero-order chi connectivity index (χ0) is 29.2. The van der Waals surface area contributed by atoms with Gasteiger partial charge in [0.1, 0.15) is 0 Å². The summed E-state index contributed by atoms with van der Waals surface area (Å²) in [4.78, 5) is 0. The lowest BCUT2D eigenvalue weighted by molar-refractivity contribution is 0.142. The number of hydrogen-bond donors (Lipinski definition) is 1. The van der Waals surface area contributed by atoms with E-state index >= 15 is 0 Å². The van der Waals surface area contributed by atoms with Crippen molar-refractivity contribution in [1.82, 2.24) is 0 Å². The monoisotopic (exact) mass is 564 g/mol. The van der Waals surface area contributed by atoms with Crippen LogP contribution < -0.4 is 10.4 Å². The van der Waals surface area contributed by atoms with Gasteiger partial charge in [-0.2, -0.15) is 0 Å². The summed E-state index contributed by atoms with van der Waals surface area (Å²) >= 11 is 0. The maximum absolute atomic E-state index is 9.61. The average Bonchev–Trinajstić information content (AvgIpc) is 2.86. The Morgan fingerprint density at radius 2 is 1.33 bits per heavy atom. The normalized spacial score (nSPS) is 15.1. The zero-order valence-electron chi connectivity index (χ0n) is 25.6. The highest BCUT2D eigenvalue weighted by Crippen LogP contribution is 2.39. The van der Waals surface area contributed by atoms with Crippen LogP contribution >= 0.6 is 0 Å². The number of hydrogen-bond acceptors (Lipinski definition) is 3. The molecule has 0 heterocycles. The largest absolute Gasteiger partial charge is 0.414 e. The number of aliphatic hydroxyl groups is 1. The molecular formula is C34H52O3Si2. The Balaban J connectivity index is 2.31. The van der Waals surface area contributed by atoms with Crippen molar-refractivity contribution in [3.05, 3.63) is 97.6 Å². The number of rotatable bonds is 14. The first kappa shape index (κ1) is 33.2. The predicted molar refractivity (Wildman–Crippen MR) is 174 cm³/mol. The summed E-state index contributed by atoms with van der Waals surface area (Å²) in [5.74, 6) is 0. The first-order chi connectivity index (χ1) is 18.3. The molecule has 0 amide bonds. The molecule has 0 aliphatic rings. The van der Waals surface area contributed by atoms with Gasteiger partial charge in [0.25, 0.3) is 8.32 Å². The lowest BCUT2D eigenvalue weighted by Gasteiger charge is -2.44. The van der Waals surface area contributed by atoms with Gasteiger partial charge in [0.2, 0.25) is 0 Å². The van der Waals surface area contributed by atoms with Crippen molar-refractivity contribution >= 4 is 27.0 Å². The molecule has 1 N–H and O–H groups in total. The molecule has 0 bridgehead atoms. The Labute approximate surface area is 240 Å². The first-order valence-corrected chi connectivity index (χ1v) is 19.1. The van der Waals surface area contributed by atoms with Gasteiger partial charge in [0.05, 0.1) is 12.2 Å². The second-order valence-corrected chi connectivity index (χ2v) is 21.9. The molecule has 2 rings (SSSR count). The lowest BCUT2D eigenvalue weighted by Crippen LogP contribution is -2.67. The molecule has 2 aromatic rings. The van der Waals surface area contributed by atoms with Crippen LogP contribution in [0.2, 0.25) is 23.2 Å². The van der Waals surface area contributed by atoms with Crippen LogP contribution in [0.25, 0.3) is 0 Å². The maximum Gasteiger partial charge on any atom is 0.261 e. The molecule has 0 saturated heterocycles. The third kappa shape index (κ3) is 8.99. The van der Waals surface area contributed by atoms with Gasteiger partial charge >= 0.3 is 0 Å². The molecule has 2 atom stereocenters. The van der Waals surface area contributed by atoms with E-state index in [1.807, 2.05) is 6.08 Å². The molecule has 0 spiro atoms. The van der Waals surface area contributed by atoms with Crippen LogP contribution in [-0.2, 0) is 8.85 Å². The van der Waals surface area contributed by atoms with Gasteiger partial charge < -0.3 is 14.0 Å². The fourth-order valence-corrected chi connectivity index (χ4v) is 10.8. The number of aliphatic hydroxyl groups excluding tert-OH is 1. The van der Waals surface area contributed by atoms with Crippen molar-refractivity contribution in [1.29, 1.82) is 0 Å². The Hall–Kier alpha value is -2.03. The molecular weight excluding hydrogens is 513 g/mol. The molecule has 0 aromatic heterocycles. The van der Waals surface area contributed by atoms with E-state index in [4.69, 9.17) is 8.85 Å². The van der Waals surface area contributed by atoms with Crippen LogP contribution in [0.3, 0.4) is 0 Å². The summed E-state index contributed by atoms with van der Waals surface area (Å²) < 4.78 is 13.9. The van der Waals surface area contributed by atoms with E-state index in [0.29, 0.717) is 6.42 Å². The van der Waals surface area contributed by atoms with E-state index in [2.05, 4.69) is 146 Å². The number of allylic oxidation sites excluding steroid dienone is 2. The molecule has 3 nitrogen and oxygen atoms in total. The molecule has 39 heavy (non-hydrogen) atoms. The molecule has 5 heteroatoms. The van der Waals surface area contributed by atoms with Crippen LogP contribution in [0.4, 0.5) is 0 Å². The van der Waals surface area contributed by atoms with Crippen molar-refractivity contribution < 1.29 is 14.0 Å². The van der Waals surface area contributed by atoms with E-state index in [-0.39, 0.29) is 28.9 Å². The van der Waals surface area contributed by atoms with E-state index in [1.165, 1.54) is 10.4 Å². The topological polar surface area (TPSA) is 38.7 Å². The van der Waals surface area contributed by atoms with Gasteiger partial charge in [0.15, 0.2) is 8.32 Å². The summed E-state index contributed by atoms with van der Waals surface area (Å²) in [5.41, 5.74) is 0. The molecule has 0 radical (unpaired) electrons. The first-order valence-electron chi connectivity index (χ1n) is 14.3. The molecule has 0 unspecified atom stereocenters. The summed E-state index contributed by atoms with van der Waals surface area (Å²) in [6.45, 7) is 22.4. The van der Waals surface area contributed by atoms with Crippen molar-refractivity contribution in [3.63, 3.8) is 0 Å².